The zero-order valence-electron chi connectivity index (χ0n) is 21.5. The van der Waals surface area contributed by atoms with Crippen molar-refractivity contribution in [3.63, 3.8) is 0 Å². The number of benzene rings is 3. The first-order valence-electron chi connectivity index (χ1n) is 12.8. The van der Waals surface area contributed by atoms with E-state index < -0.39 is 0 Å². The molecule has 6 aromatic rings. The van der Waals surface area contributed by atoms with Crippen LogP contribution in [-0.4, -0.2) is 27.1 Å². The summed E-state index contributed by atoms with van der Waals surface area (Å²) in [6.07, 6.45) is 5.83. The number of aromatic nitrogens is 2. The van der Waals surface area contributed by atoms with E-state index in [1.54, 1.807) is 12.4 Å². The Morgan fingerprint density at radius 1 is 0.846 bits per heavy atom. The zero-order valence-corrected chi connectivity index (χ0v) is 23.9. The Kier molecular flexibility index (Phi) is 8.19. The van der Waals surface area contributed by atoms with Crippen LogP contribution in [0.25, 0.3) is 33.3 Å². The van der Waals surface area contributed by atoms with Crippen molar-refractivity contribution in [2.75, 3.05) is 6.54 Å². The molecule has 0 fully saturated rings. The molecule has 5 nitrogen and oxygen atoms in total. The predicted octanol–water partition coefficient (Wildman–Crippen LogP) is 7.79. The molecule has 0 unspecified atom stereocenters. The van der Waals surface area contributed by atoms with Crippen molar-refractivity contribution >= 4 is 45.1 Å². The van der Waals surface area contributed by atoms with Crippen LogP contribution in [0.1, 0.15) is 19.8 Å². The van der Waals surface area contributed by atoms with Gasteiger partial charge in [0, 0.05) is 56.6 Å². The first kappa shape index (κ1) is 26.4. The van der Waals surface area contributed by atoms with Gasteiger partial charge in [-0.2, -0.15) is 6.07 Å². The average molecular weight is 687 g/mol. The van der Waals surface area contributed by atoms with Gasteiger partial charge in [-0.25, -0.2) is 4.98 Å². The molecule has 4 heterocycles. The zero-order chi connectivity index (χ0) is 25.7. The third kappa shape index (κ3) is 5.50. The maximum absolute atomic E-state index is 5.93. The minimum atomic E-state index is 0. The fraction of sp³-hybridized carbons (Fsp3) is 0.121. The van der Waals surface area contributed by atoms with Gasteiger partial charge in [0.25, 0.3) is 11.4 Å². The molecule has 6 heteroatoms. The van der Waals surface area contributed by atoms with Gasteiger partial charge in [0.1, 0.15) is 5.69 Å². The van der Waals surface area contributed by atoms with Crippen molar-refractivity contribution in [1.82, 2.24) is 14.5 Å². The van der Waals surface area contributed by atoms with Crippen molar-refractivity contribution in [3.8, 4) is 11.3 Å². The van der Waals surface area contributed by atoms with E-state index in [4.69, 9.17) is 4.42 Å². The van der Waals surface area contributed by atoms with Gasteiger partial charge >= 0.3 is 6.01 Å². The van der Waals surface area contributed by atoms with Gasteiger partial charge in [0.2, 0.25) is 5.71 Å². The second-order valence-corrected chi connectivity index (χ2v) is 8.97. The van der Waals surface area contributed by atoms with Crippen LogP contribution in [0.15, 0.2) is 108 Å². The summed E-state index contributed by atoms with van der Waals surface area (Å²) < 4.78 is 10.2. The van der Waals surface area contributed by atoms with E-state index in [2.05, 4.69) is 68.4 Å². The van der Waals surface area contributed by atoms with Crippen LogP contribution in [0.2, 0.25) is 0 Å². The summed E-state index contributed by atoms with van der Waals surface area (Å²) in [7, 11) is 0. The molecule has 193 valence electrons. The second kappa shape index (κ2) is 12.1. The minimum Gasteiger partial charge on any atom is -0.465 e. The fourth-order valence-corrected chi connectivity index (χ4v) is 4.52. The molecule has 0 amide bonds. The smallest absolute Gasteiger partial charge is 0.465 e. The van der Waals surface area contributed by atoms with Crippen LogP contribution in [0, 0.1) is 12.1 Å². The molecule has 7 rings (SSSR count). The Bertz CT molecular complexity index is 1750. The van der Waals surface area contributed by atoms with Gasteiger partial charge in [-0.1, -0.05) is 64.3 Å². The molecule has 0 aliphatic carbocycles. The van der Waals surface area contributed by atoms with Crippen LogP contribution in [-0.2, 0) is 20.1 Å². The second-order valence-electron chi connectivity index (χ2n) is 8.97. The summed E-state index contributed by atoms with van der Waals surface area (Å²) in [5.41, 5.74) is 6.71. The summed E-state index contributed by atoms with van der Waals surface area (Å²) in [5.74, 6) is 0. The maximum atomic E-state index is 5.93. The summed E-state index contributed by atoms with van der Waals surface area (Å²) in [4.78, 5) is 8.53. The number of unbranched alkanes of at least 4 members (excludes halogenated alkanes) is 1. The molecule has 1 radical (unpaired) electrons. The number of hydrogen-bond acceptors (Lipinski definition) is 3. The standard InChI is InChI=1S/C22H18N3O.C11H8N.Ir/c1-2-3-13-24-15-25(20-9-5-4-8-19(20)24)16-10-11-17-18-7-6-12-23-22(18)26-21(17)14-16;1-2-6-10(7-3-1)11-8-4-5-9-12-11;/h4-9,11-12,14H,2-3,13H2,1H3;1-6,8-9H;/q+1;-1;. The van der Waals surface area contributed by atoms with Crippen molar-refractivity contribution in [3.05, 3.63) is 116 Å². The van der Waals surface area contributed by atoms with Crippen LogP contribution < -0.4 is 4.58 Å². The largest absolute Gasteiger partial charge is 0.494 e. The summed E-state index contributed by atoms with van der Waals surface area (Å²) in [6.45, 7) is 3.16. The monoisotopic (exact) mass is 687 g/mol. The molecule has 1 aliphatic rings. The molecule has 0 N–H and O–H groups in total. The van der Waals surface area contributed by atoms with E-state index in [1.165, 1.54) is 5.69 Å². The van der Waals surface area contributed by atoms with Crippen LogP contribution in [0.5, 0.6) is 0 Å². The molecular weight excluding hydrogens is 661 g/mol. The summed E-state index contributed by atoms with van der Waals surface area (Å²) >= 11 is 0. The maximum Gasteiger partial charge on any atom is 0.494 e. The van der Waals surface area contributed by atoms with Gasteiger partial charge in [-0.05, 0) is 23.2 Å². The Morgan fingerprint density at radius 3 is 2.46 bits per heavy atom. The van der Waals surface area contributed by atoms with Crippen molar-refractivity contribution in [2.24, 2.45) is 0 Å². The first-order valence-corrected chi connectivity index (χ1v) is 12.8. The molecule has 0 saturated carbocycles. The normalized spacial score (nSPS) is 11.7. The van der Waals surface area contributed by atoms with E-state index in [0.717, 1.165) is 58.4 Å². The SMILES string of the molecule is CCCC[N+]1=C=[N+](c2[c-]cc3c(c2)oc2ncccc23)c2ccccc21.[Ir].[c-]1ccccc1-c1ccccn1. The molecule has 0 atom stereocenters. The third-order valence-corrected chi connectivity index (χ3v) is 6.43. The van der Waals surface area contributed by atoms with Crippen molar-refractivity contribution in [1.29, 1.82) is 0 Å². The number of nitrogens with zero attached hydrogens (tertiary/aromatic N) is 4. The molecule has 39 heavy (non-hydrogen) atoms. The Hall–Kier alpha value is -4.21. The third-order valence-electron chi connectivity index (χ3n) is 6.43. The Labute approximate surface area is 241 Å². The molecule has 0 saturated heterocycles. The molecule has 0 spiro atoms. The molecule has 0 bridgehead atoms. The predicted molar refractivity (Wildman–Crippen MR) is 151 cm³/mol. The van der Waals surface area contributed by atoms with Gasteiger partial charge in [0.05, 0.1) is 0 Å². The Morgan fingerprint density at radius 2 is 1.67 bits per heavy atom. The molecule has 1 aliphatic heterocycles. The van der Waals surface area contributed by atoms with Gasteiger partial charge in [-0.3, -0.25) is 0 Å². The first-order chi connectivity index (χ1) is 18.8. The van der Waals surface area contributed by atoms with E-state index in [1.807, 2.05) is 66.7 Å². The van der Waals surface area contributed by atoms with E-state index in [9.17, 15) is 0 Å². The molecular formula is C33H26IrN4O. The Balaban J connectivity index is 0.000000200. The van der Waals surface area contributed by atoms with Gasteiger partial charge < -0.3 is 9.40 Å². The number of hydrogen-bond donors (Lipinski definition) is 0. The van der Waals surface area contributed by atoms with E-state index in [0.29, 0.717) is 5.71 Å². The van der Waals surface area contributed by atoms with Crippen LogP contribution >= 0.6 is 0 Å². The molecule has 3 aromatic carbocycles. The van der Waals surface area contributed by atoms with Crippen LogP contribution in [0.4, 0.5) is 17.1 Å². The molecule has 3 aromatic heterocycles. The number of fused-ring (bicyclic) bond motifs is 4. The quantitative estimate of drug-likeness (QED) is 0.137. The van der Waals surface area contributed by atoms with E-state index >= 15 is 0 Å². The van der Waals surface area contributed by atoms with Crippen molar-refractivity contribution in [2.45, 2.75) is 19.8 Å². The van der Waals surface area contributed by atoms with Crippen LogP contribution in [0.3, 0.4) is 0 Å². The van der Waals surface area contributed by atoms with E-state index in [-0.39, 0.29) is 20.1 Å². The number of para-hydroxylation sites is 2. The average Bonchev–Trinajstić information content (AvgIpc) is 3.55. The fourth-order valence-electron chi connectivity index (χ4n) is 4.52. The number of pyridine rings is 2. The number of rotatable bonds is 5. The summed E-state index contributed by atoms with van der Waals surface area (Å²) in [5, 5.41) is 2.05. The number of furan rings is 1. The topological polar surface area (TPSA) is 44.9 Å². The minimum absolute atomic E-state index is 0. The van der Waals surface area contributed by atoms with Gasteiger partial charge in [-0.15, -0.1) is 42.0 Å². The summed E-state index contributed by atoms with van der Waals surface area (Å²) in [6, 6.07) is 40.0. The van der Waals surface area contributed by atoms with Crippen molar-refractivity contribution < 1.29 is 29.1 Å². The van der Waals surface area contributed by atoms with Gasteiger partial charge in [0.15, 0.2) is 6.54 Å².